The quantitative estimate of drug-likeness (QED) is 0.640. The maximum Gasteiger partial charge on any atom is 0.0576 e. The highest BCUT2D eigenvalue weighted by molar-refractivity contribution is 7.99. The van der Waals surface area contributed by atoms with Crippen molar-refractivity contribution >= 4 is 11.8 Å². The van der Waals surface area contributed by atoms with Gasteiger partial charge in [-0.15, -0.1) is 0 Å². The molecule has 96 valence electrons. The van der Waals surface area contributed by atoms with E-state index >= 15 is 0 Å². The third kappa shape index (κ3) is 5.04. The normalized spacial score (nSPS) is 24.6. The van der Waals surface area contributed by atoms with E-state index in [4.69, 9.17) is 9.84 Å². The van der Waals surface area contributed by atoms with Crippen molar-refractivity contribution in [3.63, 3.8) is 0 Å². The lowest BCUT2D eigenvalue weighted by molar-refractivity contribution is 0.102. The average molecular weight is 247 g/mol. The number of rotatable bonds is 8. The molecule has 1 saturated heterocycles. The molecule has 0 spiro atoms. The van der Waals surface area contributed by atoms with Crippen molar-refractivity contribution in [1.82, 2.24) is 5.32 Å². The first-order valence-corrected chi connectivity index (χ1v) is 7.55. The second kappa shape index (κ2) is 8.34. The van der Waals surface area contributed by atoms with Crippen molar-refractivity contribution in [3.05, 3.63) is 0 Å². The summed E-state index contributed by atoms with van der Waals surface area (Å²) in [6.45, 7) is 4.37. The van der Waals surface area contributed by atoms with Gasteiger partial charge in [-0.25, -0.2) is 0 Å². The summed E-state index contributed by atoms with van der Waals surface area (Å²) in [6, 6.07) is 0.379. The average Bonchev–Trinajstić information content (AvgIpc) is 2.79. The number of nitrogens with one attached hydrogen (secondary N) is 1. The molecule has 1 aliphatic rings. The number of ether oxygens (including phenoxy) is 1. The van der Waals surface area contributed by atoms with Gasteiger partial charge in [-0.05, 0) is 45.4 Å². The van der Waals surface area contributed by atoms with E-state index < -0.39 is 0 Å². The van der Waals surface area contributed by atoms with Gasteiger partial charge < -0.3 is 15.2 Å². The van der Waals surface area contributed by atoms with Crippen LogP contribution in [0.3, 0.4) is 0 Å². The molecule has 4 heteroatoms. The van der Waals surface area contributed by atoms with Gasteiger partial charge in [-0.3, -0.25) is 0 Å². The van der Waals surface area contributed by atoms with E-state index in [1.165, 1.54) is 25.7 Å². The fourth-order valence-corrected chi connectivity index (χ4v) is 2.75. The van der Waals surface area contributed by atoms with Crippen LogP contribution >= 0.6 is 11.8 Å². The van der Waals surface area contributed by atoms with Gasteiger partial charge in [0.05, 0.1) is 12.7 Å². The molecular weight excluding hydrogens is 222 g/mol. The van der Waals surface area contributed by atoms with Gasteiger partial charge in [0.1, 0.15) is 0 Å². The largest absolute Gasteiger partial charge is 0.395 e. The zero-order valence-electron chi connectivity index (χ0n) is 10.4. The van der Waals surface area contributed by atoms with Crippen molar-refractivity contribution in [1.29, 1.82) is 0 Å². The predicted octanol–water partition coefficient (Wildman–Crippen LogP) is 1.65. The summed E-state index contributed by atoms with van der Waals surface area (Å²) in [7, 11) is 0. The van der Waals surface area contributed by atoms with E-state index in [1.54, 1.807) is 11.8 Å². The molecular formula is C12H25NO2S. The van der Waals surface area contributed by atoms with Crippen LogP contribution in [0.2, 0.25) is 0 Å². The first-order valence-electron chi connectivity index (χ1n) is 6.26. The molecule has 0 aromatic heterocycles. The Bertz CT molecular complexity index is 170. The van der Waals surface area contributed by atoms with Gasteiger partial charge in [0.2, 0.25) is 0 Å². The molecule has 0 bridgehead atoms. The second-order valence-electron chi connectivity index (χ2n) is 4.48. The lowest BCUT2D eigenvalue weighted by atomic mass is 10.1. The topological polar surface area (TPSA) is 41.5 Å². The van der Waals surface area contributed by atoms with Crippen LogP contribution in [0, 0.1) is 0 Å². The molecule has 1 aliphatic heterocycles. The molecule has 0 amide bonds. The maximum atomic E-state index is 9.14. The molecule has 1 heterocycles. The van der Waals surface area contributed by atoms with Crippen LogP contribution in [0.4, 0.5) is 0 Å². The Morgan fingerprint density at radius 1 is 1.56 bits per heavy atom. The lowest BCUT2D eigenvalue weighted by Gasteiger charge is -2.21. The summed E-state index contributed by atoms with van der Waals surface area (Å²) < 4.78 is 5.58. The minimum atomic E-state index is 0.251. The Morgan fingerprint density at radius 2 is 2.38 bits per heavy atom. The molecule has 2 N–H and O–H groups in total. The maximum absolute atomic E-state index is 9.14. The van der Waals surface area contributed by atoms with Crippen molar-refractivity contribution in [2.24, 2.45) is 0 Å². The molecule has 3 nitrogen and oxygen atoms in total. The van der Waals surface area contributed by atoms with Crippen molar-refractivity contribution in [2.75, 3.05) is 26.0 Å². The second-order valence-corrected chi connectivity index (χ2v) is 5.55. The Kier molecular flexibility index (Phi) is 7.45. The van der Waals surface area contributed by atoms with E-state index in [9.17, 15) is 0 Å². The zero-order valence-corrected chi connectivity index (χ0v) is 11.3. The summed E-state index contributed by atoms with van der Waals surface area (Å²) in [6.07, 6.45) is 7.36. The van der Waals surface area contributed by atoms with E-state index in [-0.39, 0.29) is 6.61 Å². The highest BCUT2D eigenvalue weighted by Crippen LogP contribution is 2.16. The molecule has 1 fully saturated rings. The van der Waals surface area contributed by atoms with Crippen molar-refractivity contribution in [3.8, 4) is 0 Å². The number of hydrogen-bond donors (Lipinski definition) is 2. The molecule has 0 saturated carbocycles. The van der Waals surface area contributed by atoms with Gasteiger partial charge in [0, 0.05) is 17.9 Å². The van der Waals surface area contributed by atoms with Gasteiger partial charge in [-0.2, -0.15) is 11.8 Å². The number of thioether (sulfide) groups is 1. The van der Waals surface area contributed by atoms with Crippen LogP contribution in [0.5, 0.6) is 0 Å². The van der Waals surface area contributed by atoms with Gasteiger partial charge in [0.25, 0.3) is 0 Å². The molecule has 0 aliphatic carbocycles. The summed E-state index contributed by atoms with van der Waals surface area (Å²) >= 11 is 1.72. The van der Waals surface area contributed by atoms with E-state index in [0.29, 0.717) is 17.4 Å². The standard InChI is InChI=1S/C12H25NO2S/c1-10(12(9-14)16-2)13-7-3-5-11-6-4-8-15-11/h10-14H,3-9H2,1-2H3. The number of aliphatic hydroxyl groups is 1. The van der Waals surface area contributed by atoms with Gasteiger partial charge in [-0.1, -0.05) is 0 Å². The summed E-state index contributed by atoms with van der Waals surface area (Å²) in [5.74, 6) is 0. The Balaban J connectivity index is 2.00. The van der Waals surface area contributed by atoms with Crippen molar-refractivity contribution in [2.45, 2.75) is 50.0 Å². The molecule has 0 aromatic carbocycles. The zero-order chi connectivity index (χ0) is 11.8. The summed E-state index contributed by atoms with van der Waals surface area (Å²) in [5, 5.41) is 12.9. The number of hydrogen-bond acceptors (Lipinski definition) is 4. The molecule has 0 aromatic rings. The SMILES string of the molecule is CSC(CO)C(C)NCCCC1CCCO1. The fraction of sp³-hybridized carbons (Fsp3) is 1.00. The van der Waals surface area contributed by atoms with Crippen LogP contribution in [0.25, 0.3) is 0 Å². The Morgan fingerprint density at radius 3 is 2.94 bits per heavy atom. The van der Waals surface area contributed by atoms with Crippen LogP contribution in [0.15, 0.2) is 0 Å². The first kappa shape index (κ1) is 14.3. The fourth-order valence-electron chi connectivity index (χ4n) is 2.10. The number of aliphatic hydroxyl groups excluding tert-OH is 1. The van der Waals surface area contributed by atoms with Crippen LogP contribution in [-0.2, 0) is 4.74 Å². The molecule has 3 unspecified atom stereocenters. The van der Waals surface area contributed by atoms with Crippen LogP contribution in [0.1, 0.15) is 32.6 Å². The van der Waals surface area contributed by atoms with Gasteiger partial charge in [0.15, 0.2) is 0 Å². The molecule has 0 radical (unpaired) electrons. The monoisotopic (exact) mass is 247 g/mol. The van der Waals surface area contributed by atoms with Gasteiger partial charge >= 0.3 is 0 Å². The van der Waals surface area contributed by atoms with Crippen LogP contribution < -0.4 is 5.32 Å². The highest BCUT2D eigenvalue weighted by atomic mass is 32.2. The minimum absolute atomic E-state index is 0.251. The highest BCUT2D eigenvalue weighted by Gasteiger charge is 2.16. The van der Waals surface area contributed by atoms with E-state index in [0.717, 1.165) is 13.2 Å². The lowest BCUT2D eigenvalue weighted by Crippen LogP contribution is -2.38. The molecule has 16 heavy (non-hydrogen) atoms. The van der Waals surface area contributed by atoms with E-state index in [2.05, 4.69) is 12.2 Å². The Labute approximate surface area is 103 Å². The molecule has 1 rings (SSSR count). The predicted molar refractivity (Wildman–Crippen MR) is 70.1 cm³/mol. The first-order chi connectivity index (χ1) is 7.77. The minimum Gasteiger partial charge on any atom is -0.395 e. The third-order valence-electron chi connectivity index (χ3n) is 3.23. The van der Waals surface area contributed by atoms with Crippen molar-refractivity contribution < 1.29 is 9.84 Å². The smallest absolute Gasteiger partial charge is 0.0576 e. The third-order valence-corrected chi connectivity index (χ3v) is 4.40. The summed E-state index contributed by atoms with van der Waals surface area (Å²) in [5.41, 5.74) is 0. The van der Waals surface area contributed by atoms with Crippen LogP contribution in [-0.4, -0.2) is 48.5 Å². The Hall–Kier alpha value is 0.230. The summed E-state index contributed by atoms with van der Waals surface area (Å²) in [4.78, 5) is 0. The van der Waals surface area contributed by atoms with E-state index in [1.807, 2.05) is 6.26 Å². The molecule has 3 atom stereocenters.